The lowest BCUT2D eigenvalue weighted by molar-refractivity contribution is 1.45. The van der Waals surface area contributed by atoms with Gasteiger partial charge in [-0.05, 0) is 6.92 Å². The molecular formula is C8H9. The first-order valence-electron chi connectivity index (χ1n) is 2.74. The molecule has 0 heteroatoms. The maximum atomic E-state index is 2.08. The van der Waals surface area contributed by atoms with Gasteiger partial charge in [0.2, 0.25) is 0 Å². The Labute approximate surface area is 50.2 Å². The van der Waals surface area contributed by atoms with E-state index in [2.05, 4.69) is 19.4 Å². The summed E-state index contributed by atoms with van der Waals surface area (Å²) in [6.45, 7) is 2.08. The Morgan fingerprint density at radius 2 is 1.75 bits per heavy atom. The molecule has 0 aromatic heterocycles. The Balaban J connectivity index is 2.69. The van der Waals surface area contributed by atoms with Crippen LogP contribution in [0.3, 0.4) is 0 Å². The van der Waals surface area contributed by atoms with E-state index < -0.39 is 0 Å². The van der Waals surface area contributed by atoms with Gasteiger partial charge in [-0.2, -0.15) is 0 Å². The SMILES string of the molecule is CC1=CC=CC=C[CH]1. The highest BCUT2D eigenvalue weighted by atomic mass is 13.9. The zero-order valence-corrected chi connectivity index (χ0v) is 4.96. The number of rotatable bonds is 0. The zero-order valence-electron chi connectivity index (χ0n) is 4.96. The molecule has 1 aliphatic rings. The van der Waals surface area contributed by atoms with Crippen LogP contribution in [0, 0.1) is 6.42 Å². The number of allylic oxidation sites excluding steroid dienone is 6. The summed E-state index contributed by atoms with van der Waals surface area (Å²) in [7, 11) is 0. The molecule has 0 N–H and O–H groups in total. The van der Waals surface area contributed by atoms with Crippen LogP contribution in [-0.2, 0) is 0 Å². The molecule has 0 aliphatic heterocycles. The fourth-order valence-electron chi connectivity index (χ4n) is 0.599. The van der Waals surface area contributed by atoms with Crippen LogP contribution in [0.25, 0.3) is 0 Å². The molecular weight excluding hydrogens is 96.1 g/mol. The summed E-state index contributed by atoms with van der Waals surface area (Å²) in [6.07, 6.45) is 12.3. The van der Waals surface area contributed by atoms with Crippen molar-refractivity contribution in [2.75, 3.05) is 0 Å². The molecule has 0 bridgehead atoms. The molecule has 0 atom stereocenters. The molecule has 0 aromatic rings. The predicted octanol–water partition coefficient (Wildman–Crippen LogP) is 2.26. The van der Waals surface area contributed by atoms with Crippen LogP contribution < -0.4 is 0 Å². The maximum Gasteiger partial charge on any atom is 0.00806 e. The van der Waals surface area contributed by atoms with Crippen molar-refractivity contribution in [3.05, 3.63) is 42.4 Å². The lowest BCUT2D eigenvalue weighted by Crippen LogP contribution is -1.68. The summed E-state index contributed by atoms with van der Waals surface area (Å²) in [4.78, 5) is 0. The van der Waals surface area contributed by atoms with E-state index in [-0.39, 0.29) is 0 Å². The Bertz CT molecular complexity index is 147. The van der Waals surface area contributed by atoms with E-state index in [9.17, 15) is 0 Å². The first-order valence-corrected chi connectivity index (χ1v) is 2.74. The van der Waals surface area contributed by atoms with Crippen molar-refractivity contribution in [1.82, 2.24) is 0 Å². The van der Waals surface area contributed by atoms with Crippen molar-refractivity contribution in [3.63, 3.8) is 0 Å². The Hall–Kier alpha value is -0.780. The lowest BCUT2D eigenvalue weighted by Gasteiger charge is -1.86. The molecule has 1 radical (unpaired) electrons. The summed E-state index contributed by atoms with van der Waals surface area (Å²) in [5.74, 6) is 0. The van der Waals surface area contributed by atoms with Gasteiger partial charge < -0.3 is 0 Å². The van der Waals surface area contributed by atoms with E-state index in [0.717, 1.165) is 0 Å². The standard InChI is InChI=1S/C8H9/c1-8-6-4-2-3-5-7-8/h2-7H,1H3. The maximum absolute atomic E-state index is 2.08. The second-order valence-electron chi connectivity index (χ2n) is 1.85. The van der Waals surface area contributed by atoms with Crippen molar-refractivity contribution in [2.24, 2.45) is 0 Å². The van der Waals surface area contributed by atoms with Crippen LogP contribution in [-0.4, -0.2) is 0 Å². The van der Waals surface area contributed by atoms with E-state index in [4.69, 9.17) is 0 Å². The molecule has 0 unspecified atom stereocenters. The molecule has 0 heterocycles. The largest absolute Gasteiger partial charge is 0.0764 e. The second-order valence-corrected chi connectivity index (χ2v) is 1.85. The van der Waals surface area contributed by atoms with Crippen molar-refractivity contribution < 1.29 is 0 Å². The molecule has 0 amide bonds. The fourth-order valence-corrected chi connectivity index (χ4v) is 0.599. The van der Waals surface area contributed by atoms with E-state index in [1.165, 1.54) is 5.57 Å². The summed E-state index contributed by atoms with van der Waals surface area (Å²) < 4.78 is 0. The molecule has 1 aliphatic carbocycles. The monoisotopic (exact) mass is 105 g/mol. The summed E-state index contributed by atoms with van der Waals surface area (Å²) in [6, 6.07) is 0. The van der Waals surface area contributed by atoms with Crippen LogP contribution in [0.2, 0.25) is 0 Å². The quantitative estimate of drug-likeness (QED) is 0.443. The highest BCUT2D eigenvalue weighted by Crippen LogP contribution is 2.02. The molecule has 0 nitrogen and oxygen atoms in total. The van der Waals surface area contributed by atoms with Gasteiger partial charge in [0, 0.05) is 6.42 Å². The van der Waals surface area contributed by atoms with Crippen LogP contribution in [0.1, 0.15) is 6.92 Å². The van der Waals surface area contributed by atoms with Gasteiger partial charge in [-0.1, -0.05) is 36.0 Å². The van der Waals surface area contributed by atoms with Gasteiger partial charge in [0.05, 0.1) is 0 Å². The van der Waals surface area contributed by atoms with E-state index >= 15 is 0 Å². The van der Waals surface area contributed by atoms with Crippen LogP contribution >= 0.6 is 0 Å². The highest BCUT2D eigenvalue weighted by Gasteiger charge is 1.83. The Morgan fingerprint density at radius 1 is 1.00 bits per heavy atom. The minimum atomic E-state index is 1.30. The molecule has 8 heavy (non-hydrogen) atoms. The van der Waals surface area contributed by atoms with Crippen molar-refractivity contribution in [1.29, 1.82) is 0 Å². The molecule has 0 spiro atoms. The minimum Gasteiger partial charge on any atom is -0.0764 e. The van der Waals surface area contributed by atoms with Crippen molar-refractivity contribution >= 4 is 0 Å². The lowest BCUT2D eigenvalue weighted by atomic mass is 10.2. The number of hydrogen-bond donors (Lipinski definition) is 0. The van der Waals surface area contributed by atoms with Crippen LogP contribution in [0.5, 0.6) is 0 Å². The first kappa shape index (κ1) is 5.36. The minimum absolute atomic E-state index is 1.30. The third-order valence-corrected chi connectivity index (χ3v) is 1.05. The molecule has 0 fully saturated rings. The van der Waals surface area contributed by atoms with E-state index in [1.54, 1.807) is 0 Å². The first-order chi connectivity index (χ1) is 3.89. The van der Waals surface area contributed by atoms with E-state index in [0.29, 0.717) is 0 Å². The Morgan fingerprint density at radius 3 is 2.62 bits per heavy atom. The van der Waals surface area contributed by atoms with Gasteiger partial charge >= 0.3 is 0 Å². The second kappa shape index (κ2) is 2.51. The molecule has 41 valence electrons. The smallest absolute Gasteiger partial charge is 0.00806 e. The number of hydrogen-bond acceptors (Lipinski definition) is 0. The van der Waals surface area contributed by atoms with Crippen molar-refractivity contribution in [2.45, 2.75) is 6.92 Å². The molecule has 1 rings (SSSR count). The molecule has 0 aromatic carbocycles. The summed E-state index contributed by atoms with van der Waals surface area (Å²) >= 11 is 0. The van der Waals surface area contributed by atoms with Gasteiger partial charge in [0.15, 0.2) is 0 Å². The van der Waals surface area contributed by atoms with Gasteiger partial charge in [-0.15, -0.1) is 0 Å². The third kappa shape index (κ3) is 1.38. The summed E-state index contributed by atoms with van der Waals surface area (Å²) in [5, 5.41) is 0. The van der Waals surface area contributed by atoms with Crippen LogP contribution in [0.15, 0.2) is 36.0 Å². The normalized spacial score (nSPS) is 17.9. The van der Waals surface area contributed by atoms with Crippen LogP contribution in [0.4, 0.5) is 0 Å². The van der Waals surface area contributed by atoms with Gasteiger partial charge in [0.1, 0.15) is 0 Å². The zero-order chi connectivity index (χ0) is 5.82. The topological polar surface area (TPSA) is 0 Å². The summed E-state index contributed by atoms with van der Waals surface area (Å²) in [5.41, 5.74) is 1.30. The van der Waals surface area contributed by atoms with Crippen molar-refractivity contribution in [3.8, 4) is 0 Å². The average molecular weight is 105 g/mol. The average Bonchev–Trinajstić information content (AvgIpc) is 1.94. The van der Waals surface area contributed by atoms with Gasteiger partial charge in [-0.3, -0.25) is 0 Å². The molecule has 0 saturated heterocycles. The fraction of sp³-hybridized carbons (Fsp3) is 0.125. The predicted molar refractivity (Wildman–Crippen MR) is 36.3 cm³/mol. The van der Waals surface area contributed by atoms with E-state index in [1.807, 2.05) is 24.3 Å². The molecule has 0 saturated carbocycles. The van der Waals surface area contributed by atoms with Gasteiger partial charge in [-0.25, -0.2) is 0 Å². The Kier molecular flexibility index (Phi) is 1.68. The van der Waals surface area contributed by atoms with Gasteiger partial charge in [0.25, 0.3) is 0 Å². The highest BCUT2D eigenvalue weighted by molar-refractivity contribution is 5.29. The third-order valence-electron chi connectivity index (χ3n) is 1.05.